The van der Waals surface area contributed by atoms with Crippen LogP contribution >= 0.6 is 0 Å². The maximum absolute atomic E-state index is 9.04. The summed E-state index contributed by atoms with van der Waals surface area (Å²) in [6.07, 6.45) is 3.07. The highest BCUT2D eigenvalue weighted by atomic mass is 14.8. The zero-order chi connectivity index (χ0) is 14.4. The van der Waals surface area contributed by atoms with Crippen LogP contribution in [0.2, 0.25) is 0 Å². The van der Waals surface area contributed by atoms with E-state index in [9.17, 15) is 0 Å². The lowest BCUT2D eigenvalue weighted by molar-refractivity contribution is 1.35. The molecule has 0 fully saturated rings. The van der Waals surface area contributed by atoms with Gasteiger partial charge in [-0.1, -0.05) is 24.3 Å². The van der Waals surface area contributed by atoms with Crippen molar-refractivity contribution in [3.8, 4) is 12.1 Å². The number of nitrogens with one attached hydrogen (secondary N) is 1. The van der Waals surface area contributed by atoms with Crippen molar-refractivity contribution in [3.05, 3.63) is 60.7 Å². The first kappa shape index (κ1) is 13.4. The zero-order valence-corrected chi connectivity index (χ0v) is 10.9. The van der Waals surface area contributed by atoms with Gasteiger partial charge in [-0.3, -0.25) is 0 Å². The van der Waals surface area contributed by atoms with E-state index in [-0.39, 0.29) is 0 Å². The summed E-state index contributed by atoms with van der Waals surface area (Å²) in [5.74, 6) is 0. The molecule has 3 heteroatoms. The van der Waals surface area contributed by atoms with E-state index in [0.29, 0.717) is 12.1 Å². The summed E-state index contributed by atoms with van der Waals surface area (Å²) in [6.45, 7) is 4.39. The first-order valence-electron chi connectivity index (χ1n) is 6.17. The van der Waals surface area contributed by atoms with Crippen LogP contribution in [0.4, 0.5) is 5.69 Å². The molecule has 96 valence electrons. The van der Waals surface area contributed by atoms with E-state index in [1.165, 1.54) is 6.08 Å². The Morgan fingerprint density at radius 3 is 2.60 bits per heavy atom. The maximum Gasteiger partial charge on any atom is 0.101 e. The molecule has 0 amide bonds. The smallest absolute Gasteiger partial charge is 0.101 e. The topological polar surface area (TPSA) is 59.6 Å². The van der Waals surface area contributed by atoms with E-state index in [4.69, 9.17) is 10.5 Å². The van der Waals surface area contributed by atoms with Gasteiger partial charge < -0.3 is 5.32 Å². The molecular weight excluding hydrogens is 246 g/mol. The van der Waals surface area contributed by atoms with Crippen molar-refractivity contribution in [2.75, 3.05) is 11.9 Å². The summed E-state index contributed by atoms with van der Waals surface area (Å²) >= 11 is 0. The lowest BCUT2D eigenvalue weighted by Gasteiger charge is -2.06. The van der Waals surface area contributed by atoms with Crippen LogP contribution in [-0.2, 0) is 0 Å². The Morgan fingerprint density at radius 1 is 1.15 bits per heavy atom. The van der Waals surface area contributed by atoms with Crippen LogP contribution in [0.5, 0.6) is 0 Å². The summed E-state index contributed by atoms with van der Waals surface area (Å²) in [5, 5.41) is 23.0. The van der Waals surface area contributed by atoms with Gasteiger partial charge >= 0.3 is 0 Å². The average Bonchev–Trinajstić information content (AvgIpc) is 2.50. The van der Waals surface area contributed by atoms with Gasteiger partial charge in [0.2, 0.25) is 0 Å². The molecule has 0 spiro atoms. The molecule has 0 heterocycles. The highest BCUT2D eigenvalue weighted by molar-refractivity contribution is 5.90. The molecule has 0 saturated carbocycles. The molecule has 2 aromatic rings. The normalized spacial score (nSPS) is 10.6. The quantitative estimate of drug-likeness (QED) is 0.669. The summed E-state index contributed by atoms with van der Waals surface area (Å²) in [4.78, 5) is 0. The minimum Gasteiger partial charge on any atom is -0.382 e. The average molecular weight is 259 g/mol. The Bertz CT molecular complexity index is 758. The highest BCUT2D eigenvalue weighted by Crippen LogP contribution is 2.23. The van der Waals surface area contributed by atoms with Gasteiger partial charge in [-0.15, -0.1) is 6.58 Å². The zero-order valence-electron chi connectivity index (χ0n) is 10.9. The predicted octanol–water partition coefficient (Wildman–Crippen LogP) is 3.87. The lowest BCUT2D eigenvalue weighted by Crippen LogP contribution is -1.97. The highest BCUT2D eigenvalue weighted by Gasteiger charge is 2.02. The molecule has 2 aromatic carbocycles. The number of hydrogen-bond donors (Lipinski definition) is 1. The van der Waals surface area contributed by atoms with Crippen molar-refractivity contribution in [1.82, 2.24) is 0 Å². The van der Waals surface area contributed by atoms with Gasteiger partial charge in [-0.05, 0) is 34.5 Å². The molecule has 0 aromatic heterocycles. The number of allylic oxidation sites excluding steroid dienone is 2. The van der Waals surface area contributed by atoms with Gasteiger partial charge in [0.05, 0.1) is 11.6 Å². The van der Waals surface area contributed by atoms with Crippen LogP contribution in [0.15, 0.2) is 55.1 Å². The number of anilines is 1. The number of benzene rings is 2. The van der Waals surface area contributed by atoms with Crippen molar-refractivity contribution in [3.63, 3.8) is 0 Å². The molecule has 0 saturated heterocycles. The number of nitrogens with zero attached hydrogens (tertiary/aromatic N) is 2. The van der Waals surface area contributed by atoms with Crippen molar-refractivity contribution >= 4 is 22.0 Å². The van der Waals surface area contributed by atoms with Crippen LogP contribution in [0, 0.1) is 22.7 Å². The van der Waals surface area contributed by atoms with Gasteiger partial charge in [0.1, 0.15) is 6.07 Å². The Balaban J connectivity index is 2.42. The Hall–Kier alpha value is -3.04. The van der Waals surface area contributed by atoms with Gasteiger partial charge in [-0.25, -0.2) is 0 Å². The van der Waals surface area contributed by atoms with Gasteiger partial charge in [-0.2, -0.15) is 10.5 Å². The molecular formula is C17H13N3. The number of rotatable bonds is 4. The fraction of sp³-hybridized carbons (Fsp3) is 0.0588. The fourth-order valence-electron chi connectivity index (χ4n) is 1.96. The second-order valence-corrected chi connectivity index (χ2v) is 4.25. The van der Waals surface area contributed by atoms with Gasteiger partial charge in [0, 0.05) is 18.3 Å². The summed E-state index contributed by atoms with van der Waals surface area (Å²) < 4.78 is 0. The van der Waals surface area contributed by atoms with Crippen molar-refractivity contribution in [2.45, 2.75) is 0 Å². The molecule has 0 aliphatic rings. The molecule has 0 radical (unpaired) electrons. The summed E-state index contributed by atoms with van der Waals surface area (Å²) in [5.41, 5.74) is 2.16. The predicted molar refractivity (Wildman–Crippen MR) is 81.8 cm³/mol. The third kappa shape index (κ3) is 2.85. The fourth-order valence-corrected chi connectivity index (χ4v) is 1.96. The van der Waals surface area contributed by atoms with Crippen LogP contribution in [-0.4, -0.2) is 6.54 Å². The van der Waals surface area contributed by atoms with E-state index >= 15 is 0 Å². The van der Waals surface area contributed by atoms with Gasteiger partial charge in [0.25, 0.3) is 0 Å². The van der Waals surface area contributed by atoms with E-state index in [1.807, 2.05) is 48.5 Å². The summed E-state index contributed by atoms with van der Waals surface area (Å²) in [7, 11) is 0. The van der Waals surface area contributed by atoms with Crippen molar-refractivity contribution < 1.29 is 0 Å². The molecule has 2 rings (SSSR count). The van der Waals surface area contributed by atoms with Gasteiger partial charge in [0.15, 0.2) is 0 Å². The number of fused-ring (bicyclic) bond motifs is 1. The number of hydrogen-bond acceptors (Lipinski definition) is 3. The van der Waals surface area contributed by atoms with Crippen molar-refractivity contribution in [1.29, 1.82) is 10.5 Å². The van der Waals surface area contributed by atoms with E-state index in [1.54, 1.807) is 6.08 Å². The van der Waals surface area contributed by atoms with E-state index in [2.05, 4.69) is 11.9 Å². The minimum atomic E-state index is 0.378. The van der Waals surface area contributed by atoms with E-state index in [0.717, 1.165) is 22.0 Å². The van der Waals surface area contributed by atoms with Crippen LogP contribution in [0.25, 0.3) is 16.3 Å². The SMILES string of the molecule is C=CCNc1ccc2cc(/C(C#N)=C/C#N)ccc2c1. The molecule has 0 aliphatic carbocycles. The Labute approximate surface area is 118 Å². The Morgan fingerprint density at radius 2 is 1.90 bits per heavy atom. The minimum absolute atomic E-state index is 0.378. The first-order chi connectivity index (χ1) is 9.78. The molecule has 3 nitrogen and oxygen atoms in total. The monoisotopic (exact) mass is 259 g/mol. The lowest BCUT2D eigenvalue weighted by atomic mass is 10.0. The van der Waals surface area contributed by atoms with Crippen LogP contribution < -0.4 is 5.32 Å². The number of nitriles is 2. The third-order valence-corrected chi connectivity index (χ3v) is 2.93. The molecule has 0 atom stereocenters. The van der Waals surface area contributed by atoms with Crippen LogP contribution in [0.1, 0.15) is 5.56 Å². The second kappa shape index (κ2) is 6.22. The Kier molecular flexibility index (Phi) is 4.17. The van der Waals surface area contributed by atoms with Crippen LogP contribution in [0.3, 0.4) is 0 Å². The summed E-state index contributed by atoms with van der Waals surface area (Å²) in [6, 6.07) is 15.7. The molecule has 0 unspecified atom stereocenters. The maximum atomic E-state index is 9.04. The second-order valence-electron chi connectivity index (χ2n) is 4.25. The van der Waals surface area contributed by atoms with Crippen molar-refractivity contribution in [2.24, 2.45) is 0 Å². The molecule has 1 N–H and O–H groups in total. The largest absolute Gasteiger partial charge is 0.382 e. The third-order valence-electron chi connectivity index (χ3n) is 2.93. The molecule has 0 bridgehead atoms. The van der Waals surface area contributed by atoms with E-state index < -0.39 is 0 Å². The molecule has 20 heavy (non-hydrogen) atoms. The first-order valence-corrected chi connectivity index (χ1v) is 6.17. The molecule has 0 aliphatic heterocycles. The standard InChI is InChI=1S/C17H13N3/c1-2-9-20-17-6-5-13-10-14(3-4-15(13)11-17)16(12-19)7-8-18/h2-7,10-11,20H,1,9H2/b16-7+.